The van der Waals surface area contributed by atoms with E-state index in [9.17, 15) is 39.9 Å². The van der Waals surface area contributed by atoms with Crippen molar-refractivity contribution in [2.24, 2.45) is 0 Å². The van der Waals surface area contributed by atoms with E-state index in [4.69, 9.17) is 24.1 Å². The molecule has 2 rings (SSSR count). The molecule has 2 aliphatic heterocycles. The predicted molar refractivity (Wildman–Crippen MR) is 108 cm³/mol. The van der Waals surface area contributed by atoms with Gasteiger partial charge in [-0.15, -0.1) is 0 Å². The number of carboxylic acids is 1. The standard InChI is InChI=1S/C19H32N2O13/c1-7(24)20-13-15(29)17(9(6-23)33-18(13)31-2)34-19-16(30)12(14(28)8(5-22)32-19)21-10(25)3-4-11(26)27/h8-9,12-19,22-23,28-30H,3-6H2,1-2H3,(H,20,24)(H,21,25)(H,26,27)/t8-,9-,12+,13-,14+,15-,16-,17-,18-,19+/m1/s1. The first-order chi connectivity index (χ1) is 16.0. The van der Waals surface area contributed by atoms with Gasteiger partial charge >= 0.3 is 5.97 Å². The lowest BCUT2D eigenvalue weighted by Gasteiger charge is -2.47. The number of hydrogen-bond acceptors (Lipinski definition) is 12. The molecule has 0 aliphatic carbocycles. The predicted octanol–water partition coefficient (Wildman–Crippen LogP) is -4.61. The molecule has 2 fully saturated rings. The van der Waals surface area contributed by atoms with Crippen molar-refractivity contribution in [1.29, 1.82) is 0 Å². The summed E-state index contributed by atoms with van der Waals surface area (Å²) in [5, 5.41) is 64.7. The maximum Gasteiger partial charge on any atom is 0.303 e. The first-order valence-corrected chi connectivity index (χ1v) is 10.6. The molecule has 0 unspecified atom stereocenters. The number of aliphatic carboxylic acids is 1. The SMILES string of the molecule is CO[C@@H]1O[C@H](CO)[C@@H](O[C@@H]2O[C@H](CO)[C@H](O)[C@H](NC(=O)CCC(=O)O)[C@H]2O)[C@H](O)[C@H]1NC(C)=O. The highest BCUT2D eigenvalue weighted by atomic mass is 16.7. The molecule has 2 amide bonds. The van der Waals surface area contributed by atoms with E-state index in [0.29, 0.717) is 0 Å². The van der Waals surface area contributed by atoms with Crippen LogP contribution in [0.5, 0.6) is 0 Å². The van der Waals surface area contributed by atoms with Crippen molar-refractivity contribution in [2.75, 3.05) is 20.3 Å². The highest BCUT2D eigenvalue weighted by molar-refractivity contribution is 5.80. The molecule has 0 aromatic rings. The van der Waals surface area contributed by atoms with E-state index >= 15 is 0 Å². The molecule has 0 bridgehead atoms. The summed E-state index contributed by atoms with van der Waals surface area (Å²) in [7, 11) is 1.26. The topological polar surface area (TPSA) is 234 Å². The van der Waals surface area contributed by atoms with Gasteiger partial charge in [-0.25, -0.2) is 0 Å². The third kappa shape index (κ3) is 6.80. The van der Waals surface area contributed by atoms with Gasteiger partial charge in [-0.1, -0.05) is 0 Å². The maximum absolute atomic E-state index is 12.1. The summed E-state index contributed by atoms with van der Waals surface area (Å²) >= 11 is 0. The highest BCUT2D eigenvalue weighted by Gasteiger charge is 2.51. The van der Waals surface area contributed by atoms with Crippen molar-refractivity contribution >= 4 is 17.8 Å². The van der Waals surface area contributed by atoms with Crippen LogP contribution in [0.2, 0.25) is 0 Å². The minimum absolute atomic E-state index is 0.431. The third-order valence-electron chi connectivity index (χ3n) is 5.52. The molecule has 2 aliphatic rings. The van der Waals surface area contributed by atoms with E-state index < -0.39 is 105 Å². The van der Waals surface area contributed by atoms with Crippen molar-refractivity contribution in [3.05, 3.63) is 0 Å². The quantitative estimate of drug-likeness (QED) is 0.142. The van der Waals surface area contributed by atoms with Gasteiger partial charge in [0, 0.05) is 20.5 Å². The Morgan fingerprint density at radius 3 is 2.00 bits per heavy atom. The Kier molecular flexibility index (Phi) is 10.5. The van der Waals surface area contributed by atoms with Crippen molar-refractivity contribution in [2.45, 2.75) is 81.1 Å². The minimum Gasteiger partial charge on any atom is -0.481 e. The van der Waals surface area contributed by atoms with E-state index in [2.05, 4.69) is 10.6 Å². The molecule has 8 N–H and O–H groups in total. The van der Waals surface area contributed by atoms with Gasteiger partial charge < -0.3 is 60.2 Å². The van der Waals surface area contributed by atoms with Crippen LogP contribution in [0.1, 0.15) is 19.8 Å². The number of carbonyl (C=O) groups excluding carboxylic acids is 2. The number of rotatable bonds is 10. The average molecular weight is 496 g/mol. The van der Waals surface area contributed by atoms with E-state index in [1.165, 1.54) is 14.0 Å². The summed E-state index contributed by atoms with van der Waals surface area (Å²) in [5.41, 5.74) is 0. The molecule has 0 radical (unpaired) electrons. The second-order valence-corrected chi connectivity index (χ2v) is 7.97. The van der Waals surface area contributed by atoms with Crippen molar-refractivity contribution in [1.82, 2.24) is 10.6 Å². The van der Waals surface area contributed by atoms with Gasteiger partial charge in [0.2, 0.25) is 11.8 Å². The Bertz CT molecular complexity index is 710. The molecular formula is C19H32N2O13. The van der Waals surface area contributed by atoms with Gasteiger partial charge in [0.25, 0.3) is 0 Å². The molecule has 15 nitrogen and oxygen atoms in total. The fourth-order valence-electron chi connectivity index (χ4n) is 3.83. The van der Waals surface area contributed by atoms with Crippen LogP contribution in [-0.4, -0.2) is 130 Å². The van der Waals surface area contributed by atoms with E-state index in [1.54, 1.807) is 0 Å². The molecule has 0 saturated carbocycles. The van der Waals surface area contributed by atoms with E-state index in [-0.39, 0.29) is 0 Å². The maximum atomic E-state index is 12.1. The average Bonchev–Trinajstić information content (AvgIpc) is 2.79. The van der Waals surface area contributed by atoms with Crippen LogP contribution in [-0.2, 0) is 33.3 Å². The zero-order valence-electron chi connectivity index (χ0n) is 18.6. The Labute approximate surface area is 194 Å². The number of carbonyl (C=O) groups is 3. The molecule has 0 spiro atoms. The van der Waals surface area contributed by atoms with Crippen LogP contribution in [0, 0.1) is 0 Å². The van der Waals surface area contributed by atoms with Crippen LogP contribution < -0.4 is 10.6 Å². The molecule has 2 heterocycles. The molecule has 0 aromatic heterocycles. The van der Waals surface area contributed by atoms with Crippen molar-refractivity contribution in [3.8, 4) is 0 Å². The Balaban J connectivity index is 2.21. The highest BCUT2D eigenvalue weighted by Crippen LogP contribution is 2.29. The van der Waals surface area contributed by atoms with Crippen molar-refractivity contribution in [3.63, 3.8) is 0 Å². The summed E-state index contributed by atoms with van der Waals surface area (Å²) in [6.45, 7) is -0.187. The number of carboxylic acid groups (broad SMARTS) is 1. The van der Waals surface area contributed by atoms with Gasteiger partial charge in [0.1, 0.15) is 42.7 Å². The molecule has 34 heavy (non-hydrogen) atoms. The Morgan fingerprint density at radius 1 is 0.853 bits per heavy atom. The second-order valence-electron chi connectivity index (χ2n) is 7.97. The molecule has 15 heteroatoms. The molecule has 0 aromatic carbocycles. The lowest BCUT2D eigenvalue weighted by molar-refractivity contribution is -0.336. The molecule has 10 atom stereocenters. The minimum atomic E-state index is -1.74. The zero-order chi connectivity index (χ0) is 25.6. The van der Waals surface area contributed by atoms with Crippen LogP contribution in [0.3, 0.4) is 0 Å². The molecule has 2 saturated heterocycles. The fraction of sp³-hybridized carbons (Fsp3) is 0.842. The summed E-state index contributed by atoms with van der Waals surface area (Å²) < 4.78 is 21.7. The number of ether oxygens (including phenoxy) is 4. The summed E-state index contributed by atoms with van der Waals surface area (Å²) in [6, 6.07) is -2.55. The van der Waals surface area contributed by atoms with E-state index in [1.807, 2.05) is 0 Å². The van der Waals surface area contributed by atoms with Crippen molar-refractivity contribution < 1.29 is 64.0 Å². The Morgan fingerprint density at radius 2 is 1.47 bits per heavy atom. The second kappa shape index (κ2) is 12.7. The van der Waals surface area contributed by atoms with Crippen LogP contribution in [0.25, 0.3) is 0 Å². The molecular weight excluding hydrogens is 464 g/mol. The number of aliphatic hydroxyl groups excluding tert-OH is 5. The normalized spacial score (nSPS) is 38.2. The number of aliphatic hydroxyl groups is 5. The van der Waals surface area contributed by atoms with Gasteiger partial charge in [0.05, 0.1) is 25.7 Å². The largest absolute Gasteiger partial charge is 0.481 e. The summed E-state index contributed by atoms with van der Waals surface area (Å²) in [5.74, 6) is -2.52. The molecule has 196 valence electrons. The van der Waals surface area contributed by atoms with Crippen LogP contribution in [0.15, 0.2) is 0 Å². The van der Waals surface area contributed by atoms with Gasteiger partial charge in [-0.05, 0) is 0 Å². The van der Waals surface area contributed by atoms with E-state index in [0.717, 1.165) is 0 Å². The summed E-state index contributed by atoms with van der Waals surface area (Å²) in [6.07, 6.45) is -12.4. The summed E-state index contributed by atoms with van der Waals surface area (Å²) in [4.78, 5) is 34.3. The van der Waals surface area contributed by atoms with Crippen LogP contribution in [0.4, 0.5) is 0 Å². The lowest BCUT2D eigenvalue weighted by Crippen LogP contribution is -2.69. The van der Waals surface area contributed by atoms with Gasteiger partial charge in [-0.2, -0.15) is 0 Å². The fourth-order valence-corrected chi connectivity index (χ4v) is 3.83. The third-order valence-corrected chi connectivity index (χ3v) is 5.52. The van der Waals surface area contributed by atoms with Gasteiger partial charge in [-0.3, -0.25) is 14.4 Å². The number of nitrogens with one attached hydrogen (secondary N) is 2. The first-order valence-electron chi connectivity index (χ1n) is 10.6. The first kappa shape index (κ1) is 28.3. The smallest absolute Gasteiger partial charge is 0.303 e. The Hall–Kier alpha value is -1.95. The number of methoxy groups -OCH3 is 1. The number of hydrogen-bond donors (Lipinski definition) is 8. The van der Waals surface area contributed by atoms with Gasteiger partial charge in [0.15, 0.2) is 12.6 Å². The monoisotopic (exact) mass is 496 g/mol. The lowest BCUT2D eigenvalue weighted by atomic mass is 9.94. The zero-order valence-corrected chi connectivity index (χ0v) is 18.6. The number of amides is 2. The van der Waals surface area contributed by atoms with Crippen LogP contribution >= 0.6 is 0 Å².